The Morgan fingerprint density at radius 3 is 2.62 bits per heavy atom. The summed E-state index contributed by atoms with van der Waals surface area (Å²) in [5.41, 5.74) is 2.36. The smallest absolute Gasteiger partial charge is 0.251 e. The molecule has 5 nitrogen and oxygen atoms in total. The summed E-state index contributed by atoms with van der Waals surface area (Å²) in [5, 5.41) is 4.84. The Kier molecular flexibility index (Phi) is 5.52. The summed E-state index contributed by atoms with van der Waals surface area (Å²) in [4.78, 5) is 38.6. The summed E-state index contributed by atoms with van der Waals surface area (Å²) in [6.45, 7) is 4.90. The van der Waals surface area contributed by atoms with Gasteiger partial charge in [0.05, 0.1) is 10.9 Å². The van der Waals surface area contributed by atoms with Crippen LogP contribution in [0.15, 0.2) is 35.7 Å². The molecule has 136 valence electrons. The van der Waals surface area contributed by atoms with Crippen molar-refractivity contribution in [3.63, 3.8) is 0 Å². The zero-order valence-corrected chi connectivity index (χ0v) is 15.8. The first-order chi connectivity index (χ1) is 12.5. The summed E-state index contributed by atoms with van der Waals surface area (Å²) in [6.07, 6.45) is 1.28. The molecule has 0 bridgehead atoms. The van der Waals surface area contributed by atoms with Crippen LogP contribution in [-0.4, -0.2) is 41.6 Å². The lowest BCUT2D eigenvalue weighted by Crippen LogP contribution is -2.37. The first-order valence-electron chi connectivity index (χ1n) is 8.77. The number of carbonyl (C=O) groups excluding carboxylic acids is 3. The molecule has 1 aliphatic rings. The maximum Gasteiger partial charge on any atom is 0.251 e. The number of hydrogen-bond donors (Lipinski definition) is 1. The van der Waals surface area contributed by atoms with Crippen molar-refractivity contribution in [2.45, 2.75) is 32.7 Å². The maximum atomic E-state index is 12.5. The maximum absolute atomic E-state index is 12.5. The molecule has 1 aromatic carbocycles. The molecular weight excluding hydrogens is 348 g/mol. The molecule has 2 aromatic rings. The molecule has 1 fully saturated rings. The van der Waals surface area contributed by atoms with Gasteiger partial charge < -0.3 is 10.2 Å². The van der Waals surface area contributed by atoms with Crippen LogP contribution in [-0.2, 0) is 4.79 Å². The molecule has 2 amide bonds. The fraction of sp³-hybridized carbons (Fsp3) is 0.350. The second-order valence-electron chi connectivity index (χ2n) is 6.51. The van der Waals surface area contributed by atoms with E-state index in [1.807, 2.05) is 30.5 Å². The van der Waals surface area contributed by atoms with Gasteiger partial charge in [-0.2, -0.15) is 0 Å². The lowest BCUT2D eigenvalue weighted by atomic mass is 10.0. The van der Waals surface area contributed by atoms with Gasteiger partial charge in [0, 0.05) is 30.6 Å². The Balaban J connectivity index is 1.67. The number of thiophene rings is 1. The minimum atomic E-state index is -0.176. The Hall–Kier alpha value is -2.47. The van der Waals surface area contributed by atoms with Crippen LogP contribution < -0.4 is 5.32 Å². The fourth-order valence-corrected chi connectivity index (χ4v) is 4.05. The van der Waals surface area contributed by atoms with Crippen molar-refractivity contribution in [3.05, 3.63) is 46.2 Å². The van der Waals surface area contributed by atoms with Crippen LogP contribution in [0.5, 0.6) is 0 Å². The minimum Gasteiger partial charge on any atom is -0.347 e. The number of carbonyl (C=O) groups is 3. The molecule has 1 saturated heterocycles. The number of Topliss-reactive ketones (excluding diaryl/α,β-unsaturated/α-hetero) is 1. The minimum absolute atomic E-state index is 0.0411. The van der Waals surface area contributed by atoms with Crippen molar-refractivity contribution in [2.24, 2.45) is 0 Å². The van der Waals surface area contributed by atoms with Crippen molar-refractivity contribution in [3.8, 4) is 11.1 Å². The fourth-order valence-electron chi connectivity index (χ4n) is 3.23. The van der Waals surface area contributed by atoms with Gasteiger partial charge in [-0.25, -0.2) is 0 Å². The predicted molar refractivity (Wildman–Crippen MR) is 103 cm³/mol. The van der Waals surface area contributed by atoms with Gasteiger partial charge in [0.1, 0.15) is 0 Å². The molecule has 0 aliphatic carbocycles. The van der Waals surface area contributed by atoms with Crippen LogP contribution in [0.4, 0.5) is 0 Å². The number of benzene rings is 1. The zero-order chi connectivity index (χ0) is 18.7. The lowest BCUT2D eigenvalue weighted by Gasteiger charge is -2.16. The molecule has 1 aromatic heterocycles. The summed E-state index contributed by atoms with van der Waals surface area (Å²) in [7, 11) is 0. The van der Waals surface area contributed by atoms with Crippen LogP contribution in [0.3, 0.4) is 0 Å². The molecule has 6 heteroatoms. The first-order valence-corrected chi connectivity index (χ1v) is 9.65. The first kappa shape index (κ1) is 18.3. The van der Waals surface area contributed by atoms with Gasteiger partial charge in [0.15, 0.2) is 5.78 Å². The van der Waals surface area contributed by atoms with E-state index in [-0.39, 0.29) is 23.6 Å². The van der Waals surface area contributed by atoms with Crippen molar-refractivity contribution in [1.82, 2.24) is 10.2 Å². The highest BCUT2D eigenvalue weighted by Gasteiger charge is 2.30. The SMILES string of the molecule is CCCN1C[C@H](NC(=O)c2ccc(-c3ccsc3C(C)=O)cc2)CC1=O. The highest BCUT2D eigenvalue weighted by atomic mass is 32.1. The van der Waals surface area contributed by atoms with Gasteiger partial charge in [-0.1, -0.05) is 19.1 Å². The summed E-state index contributed by atoms with van der Waals surface area (Å²) in [5.74, 6) is -0.0362. The molecule has 26 heavy (non-hydrogen) atoms. The Morgan fingerprint density at radius 1 is 1.23 bits per heavy atom. The Bertz CT molecular complexity index is 826. The van der Waals surface area contributed by atoms with Crippen molar-refractivity contribution in [2.75, 3.05) is 13.1 Å². The van der Waals surface area contributed by atoms with Gasteiger partial charge in [-0.15, -0.1) is 11.3 Å². The van der Waals surface area contributed by atoms with Crippen LogP contribution in [0.1, 0.15) is 46.7 Å². The van der Waals surface area contributed by atoms with Crippen LogP contribution >= 0.6 is 11.3 Å². The van der Waals surface area contributed by atoms with E-state index in [4.69, 9.17) is 0 Å². The number of hydrogen-bond acceptors (Lipinski definition) is 4. The molecule has 1 atom stereocenters. The predicted octanol–water partition coefficient (Wildman–Crippen LogP) is 3.36. The summed E-state index contributed by atoms with van der Waals surface area (Å²) >= 11 is 1.42. The molecular formula is C20H22N2O3S. The van der Waals surface area contributed by atoms with Crippen LogP contribution in [0.2, 0.25) is 0 Å². The third-order valence-electron chi connectivity index (χ3n) is 4.49. The number of amides is 2. The van der Waals surface area contributed by atoms with Gasteiger partial charge >= 0.3 is 0 Å². The average Bonchev–Trinajstić information content (AvgIpc) is 3.23. The van der Waals surface area contributed by atoms with E-state index in [0.29, 0.717) is 18.5 Å². The van der Waals surface area contributed by atoms with E-state index in [9.17, 15) is 14.4 Å². The highest BCUT2D eigenvalue weighted by Crippen LogP contribution is 2.29. The zero-order valence-electron chi connectivity index (χ0n) is 15.0. The van der Waals surface area contributed by atoms with Gasteiger partial charge in [0.2, 0.25) is 5.91 Å². The van der Waals surface area contributed by atoms with E-state index >= 15 is 0 Å². The molecule has 2 heterocycles. The number of nitrogens with one attached hydrogen (secondary N) is 1. The van der Waals surface area contributed by atoms with Crippen LogP contribution in [0, 0.1) is 0 Å². The monoisotopic (exact) mass is 370 g/mol. The van der Waals surface area contributed by atoms with E-state index in [2.05, 4.69) is 5.32 Å². The number of ketones is 1. The normalized spacial score (nSPS) is 16.8. The second kappa shape index (κ2) is 7.83. The highest BCUT2D eigenvalue weighted by molar-refractivity contribution is 7.12. The molecule has 0 saturated carbocycles. The standard InChI is InChI=1S/C20H22N2O3S/c1-3-9-22-12-16(11-18(22)24)21-20(25)15-6-4-14(5-7-15)17-8-10-26-19(17)13(2)23/h4-8,10,16H,3,9,11-12H2,1-2H3,(H,21,25)/t16-/m1/s1. The van der Waals surface area contributed by atoms with Gasteiger partial charge in [-0.05, 0) is 42.5 Å². The average molecular weight is 370 g/mol. The molecule has 1 aliphatic heterocycles. The number of rotatable bonds is 6. The molecule has 0 radical (unpaired) electrons. The van der Waals surface area contributed by atoms with Gasteiger partial charge in [0.25, 0.3) is 5.91 Å². The third kappa shape index (κ3) is 3.85. The van der Waals surface area contributed by atoms with Crippen molar-refractivity contribution >= 4 is 28.9 Å². The quantitative estimate of drug-likeness (QED) is 0.793. The number of likely N-dealkylation sites (tertiary alicyclic amines) is 1. The largest absolute Gasteiger partial charge is 0.347 e. The van der Waals surface area contributed by atoms with Crippen LogP contribution in [0.25, 0.3) is 11.1 Å². The second-order valence-corrected chi connectivity index (χ2v) is 7.43. The van der Waals surface area contributed by atoms with Gasteiger partial charge in [-0.3, -0.25) is 14.4 Å². The van der Waals surface area contributed by atoms with E-state index in [1.54, 1.807) is 24.0 Å². The Morgan fingerprint density at radius 2 is 1.96 bits per heavy atom. The van der Waals surface area contributed by atoms with E-state index in [0.717, 1.165) is 29.0 Å². The number of nitrogens with zero attached hydrogens (tertiary/aromatic N) is 1. The topological polar surface area (TPSA) is 66.5 Å². The molecule has 3 rings (SSSR count). The Labute approximate surface area is 157 Å². The molecule has 0 spiro atoms. The van der Waals surface area contributed by atoms with E-state index in [1.165, 1.54) is 11.3 Å². The van der Waals surface area contributed by atoms with Crippen molar-refractivity contribution in [1.29, 1.82) is 0 Å². The summed E-state index contributed by atoms with van der Waals surface area (Å²) in [6, 6.07) is 9.00. The van der Waals surface area contributed by atoms with E-state index < -0.39 is 0 Å². The molecule has 1 N–H and O–H groups in total. The van der Waals surface area contributed by atoms with Crippen molar-refractivity contribution < 1.29 is 14.4 Å². The molecule has 0 unspecified atom stereocenters. The summed E-state index contributed by atoms with van der Waals surface area (Å²) < 4.78 is 0. The lowest BCUT2D eigenvalue weighted by molar-refractivity contribution is -0.127. The third-order valence-corrected chi connectivity index (χ3v) is 5.50.